The van der Waals surface area contributed by atoms with Gasteiger partial charge in [0.05, 0.1) is 11.0 Å². The number of para-hydroxylation sites is 2. The molecule has 1 aliphatic heterocycles. The number of likely N-dealkylation sites (tertiary alicyclic amines) is 1. The van der Waals surface area contributed by atoms with Crippen molar-refractivity contribution in [2.75, 3.05) is 6.54 Å². The van der Waals surface area contributed by atoms with Crippen LogP contribution in [0.2, 0.25) is 0 Å². The van der Waals surface area contributed by atoms with E-state index in [1.165, 1.54) is 56.9 Å². The van der Waals surface area contributed by atoms with E-state index in [0.717, 1.165) is 30.3 Å². The van der Waals surface area contributed by atoms with E-state index in [2.05, 4.69) is 33.7 Å². The topological polar surface area (TPSA) is 38.1 Å². The standard InChI is InChI=1S/C22H29N3O/c26-21-14-17(15-25(21)18-10-11-18)22-23-19-8-4-5-9-20(19)24(22)13-12-16-6-2-1-3-7-16/h4-5,8-9,16-18H,1-3,6-7,10-15H2. The minimum Gasteiger partial charge on any atom is -0.339 e. The average Bonchev–Trinajstić information content (AvgIpc) is 3.34. The Morgan fingerprint density at radius 2 is 1.85 bits per heavy atom. The summed E-state index contributed by atoms with van der Waals surface area (Å²) in [7, 11) is 0. The van der Waals surface area contributed by atoms with Gasteiger partial charge in [0.25, 0.3) is 0 Å². The summed E-state index contributed by atoms with van der Waals surface area (Å²) in [4.78, 5) is 19.6. The summed E-state index contributed by atoms with van der Waals surface area (Å²) in [5.74, 6) is 2.62. The molecule has 3 aliphatic rings. The quantitative estimate of drug-likeness (QED) is 0.796. The van der Waals surface area contributed by atoms with E-state index < -0.39 is 0 Å². The van der Waals surface area contributed by atoms with Crippen LogP contribution < -0.4 is 0 Å². The first-order valence-electron chi connectivity index (χ1n) is 10.5. The molecular weight excluding hydrogens is 322 g/mol. The van der Waals surface area contributed by atoms with Crippen molar-refractivity contribution in [3.8, 4) is 0 Å². The molecular formula is C22H29N3O. The van der Waals surface area contributed by atoms with Gasteiger partial charge in [-0.25, -0.2) is 4.98 Å². The molecule has 0 N–H and O–H groups in total. The molecule has 1 amide bonds. The minimum absolute atomic E-state index is 0.266. The molecule has 2 aromatic rings. The number of aromatic nitrogens is 2. The molecule has 1 atom stereocenters. The Kier molecular flexibility index (Phi) is 4.22. The summed E-state index contributed by atoms with van der Waals surface area (Å²) >= 11 is 0. The van der Waals surface area contributed by atoms with Crippen molar-refractivity contribution in [1.82, 2.24) is 14.5 Å². The van der Waals surface area contributed by atoms with Gasteiger partial charge in [-0.3, -0.25) is 4.79 Å². The van der Waals surface area contributed by atoms with Gasteiger partial charge in [-0.1, -0.05) is 44.2 Å². The molecule has 1 saturated heterocycles. The Hall–Kier alpha value is -1.84. The number of carbonyl (C=O) groups excluding carboxylic acids is 1. The third-order valence-electron chi connectivity index (χ3n) is 6.68. The number of amides is 1. The highest BCUT2D eigenvalue weighted by Crippen LogP contribution is 2.37. The molecule has 4 heteroatoms. The molecule has 26 heavy (non-hydrogen) atoms. The number of imidazole rings is 1. The van der Waals surface area contributed by atoms with Crippen LogP contribution >= 0.6 is 0 Å². The van der Waals surface area contributed by atoms with E-state index in [4.69, 9.17) is 4.98 Å². The normalized spacial score (nSPS) is 24.7. The second-order valence-corrected chi connectivity index (χ2v) is 8.58. The maximum atomic E-state index is 12.5. The summed E-state index contributed by atoms with van der Waals surface area (Å²) in [5.41, 5.74) is 2.33. The lowest BCUT2D eigenvalue weighted by Gasteiger charge is -2.23. The predicted molar refractivity (Wildman–Crippen MR) is 103 cm³/mol. The molecule has 5 rings (SSSR count). The molecule has 0 radical (unpaired) electrons. The van der Waals surface area contributed by atoms with Crippen molar-refractivity contribution in [2.24, 2.45) is 5.92 Å². The first kappa shape index (κ1) is 16.3. The van der Waals surface area contributed by atoms with E-state index in [9.17, 15) is 4.79 Å². The highest BCUT2D eigenvalue weighted by Gasteiger charge is 2.41. The van der Waals surface area contributed by atoms with Crippen LogP contribution in [-0.2, 0) is 11.3 Å². The van der Waals surface area contributed by atoms with Gasteiger partial charge >= 0.3 is 0 Å². The lowest BCUT2D eigenvalue weighted by atomic mass is 9.87. The van der Waals surface area contributed by atoms with Crippen LogP contribution in [0.15, 0.2) is 24.3 Å². The van der Waals surface area contributed by atoms with E-state index >= 15 is 0 Å². The summed E-state index contributed by atoms with van der Waals surface area (Å²) in [5, 5.41) is 0. The van der Waals surface area contributed by atoms with E-state index in [-0.39, 0.29) is 5.92 Å². The first-order valence-corrected chi connectivity index (χ1v) is 10.5. The Morgan fingerprint density at radius 3 is 2.65 bits per heavy atom. The second-order valence-electron chi connectivity index (χ2n) is 8.58. The largest absolute Gasteiger partial charge is 0.339 e. The molecule has 3 fully saturated rings. The van der Waals surface area contributed by atoms with E-state index in [0.29, 0.717) is 18.4 Å². The van der Waals surface area contributed by atoms with Gasteiger partial charge in [0, 0.05) is 31.5 Å². The number of nitrogens with zero attached hydrogens (tertiary/aromatic N) is 3. The Balaban J connectivity index is 1.41. The first-order chi connectivity index (χ1) is 12.8. The zero-order valence-corrected chi connectivity index (χ0v) is 15.6. The number of benzene rings is 1. The fourth-order valence-corrected chi connectivity index (χ4v) is 5.07. The number of fused-ring (bicyclic) bond motifs is 1. The number of carbonyl (C=O) groups is 1. The molecule has 2 aliphatic carbocycles. The smallest absolute Gasteiger partial charge is 0.223 e. The van der Waals surface area contributed by atoms with Crippen molar-refractivity contribution >= 4 is 16.9 Å². The average molecular weight is 351 g/mol. The van der Waals surface area contributed by atoms with E-state index in [1.807, 2.05) is 0 Å². The van der Waals surface area contributed by atoms with Crippen LogP contribution in [-0.4, -0.2) is 32.9 Å². The lowest BCUT2D eigenvalue weighted by molar-refractivity contribution is -0.128. The van der Waals surface area contributed by atoms with Crippen molar-refractivity contribution in [3.63, 3.8) is 0 Å². The van der Waals surface area contributed by atoms with Gasteiger partial charge in [-0.05, 0) is 37.3 Å². The van der Waals surface area contributed by atoms with Crippen molar-refractivity contribution in [1.29, 1.82) is 0 Å². The van der Waals surface area contributed by atoms with Gasteiger partial charge in [0.2, 0.25) is 5.91 Å². The molecule has 0 spiro atoms. The second kappa shape index (κ2) is 6.71. The van der Waals surface area contributed by atoms with Crippen LogP contribution in [0.25, 0.3) is 11.0 Å². The molecule has 0 bridgehead atoms. The van der Waals surface area contributed by atoms with Crippen molar-refractivity contribution in [3.05, 3.63) is 30.1 Å². The summed E-state index contributed by atoms with van der Waals surface area (Å²) in [6, 6.07) is 9.02. The number of hydrogen-bond donors (Lipinski definition) is 0. The van der Waals surface area contributed by atoms with Crippen molar-refractivity contribution in [2.45, 2.75) is 76.3 Å². The van der Waals surface area contributed by atoms with Gasteiger partial charge in [-0.15, -0.1) is 0 Å². The summed E-state index contributed by atoms with van der Waals surface area (Å²) < 4.78 is 2.44. The van der Waals surface area contributed by atoms with E-state index in [1.54, 1.807) is 0 Å². The Labute approximate surface area is 155 Å². The van der Waals surface area contributed by atoms with Gasteiger partial charge in [0.1, 0.15) is 5.82 Å². The fraction of sp³-hybridized carbons (Fsp3) is 0.636. The lowest BCUT2D eigenvalue weighted by Crippen LogP contribution is -2.27. The predicted octanol–water partition coefficient (Wildman–Crippen LogP) is 4.49. The Bertz CT molecular complexity index is 801. The third-order valence-corrected chi connectivity index (χ3v) is 6.68. The molecule has 1 unspecified atom stereocenters. The molecule has 2 heterocycles. The van der Waals surface area contributed by atoms with Crippen LogP contribution in [0, 0.1) is 5.92 Å². The van der Waals surface area contributed by atoms with Crippen molar-refractivity contribution < 1.29 is 4.79 Å². The third kappa shape index (κ3) is 3.04. The fourth-order valence-electron chi connectivity index (χ4n) is 5.07. The molecule has 2 saturated carbocycles. The highest BCUT2D eigenvalue weighted by atomic mass is 16.2. The maximum Gasteiger partial charge on any atom is 0.223 e. The van der Waals surface area contributed by atoms with Gasteiger partial charge in [-0.2, -0.15) is 0 Å². The summed E-state index contributed by atoms with van der Waals surface area (Å²) in [6.07, 6.45) is 11.3. The number of hydrogen-bond acceptors (Lipinski definition) is 2. The number of rotatable bonds is 5. The number of aryl methyl sites for hydroxylation is 1. The zero-order valence-electron chi connectivity index (χ0n) is 15.6. The maximum absolute atomic E-state index is 12.5. The SMILES string of the molecule is O=C1CC(c2nc3ccccc3n2CCC2CCCCC2)CN1C1CC1. The van der Waals surface area contributed by atoms with Crippen LogP contribution in [0.5, 0.6) is 0 Å². The summed E-state index contributed by atoms with van der Waals surface area (Å²) in [6.45, 7) is 1.92. The Morgan fingerprint density at radius 1 is 1.04 bits per heavy atom. The molecule has 138 valence electrons. The van der Waals surface area contributed by atoms with Crippen LogP contribution in [0.4, 0.5) is 0 Å². The van der Waals surface area contributed by atoms with Gasteiger partial charge < -0.3 is 9.47 Å². The molecule has 4 nitrogen and oxygen atoms in total. The zero-order chi connectivity index (χ0) is 17.5. The highest BCUT2D eigenvalue weighted by molar-refractivity contribution is 5.81. The minimum atomic E-state index is 0.266. The van der Waals surface area contributed by atoms with Crippen LogP contribution in [0.3, 0.4) is 0 Å². The van der Waals surface area contributed by atoms with Gasteiger partial charge in [0.15, 0.2) is 0 Å². The van der Waals surface area contributed by atoms with Crippen LogP contribution in [0.1, 0.15) is 69.5 Å². The molecule has 1 aromatic carbocycles. The monoisotopic (exact) mass is 351 g/mol. The molecule has 1 aromatic heterocycles.